The van der Waals surface area contributed by atoms with Crippen molar-refractivity contribution in [3.63, 3.8) is 0 Å². The van der Waals surface area contributed by atoms with Crippen molar-refractivity contribution >= 4 is 33.6 Å². The van der Waals surface area contributed by atoms with E-state index in [1.54, 1.807) is 12.3 Å². The third-order valence-corrected chi connectivity index (χ3v) is 3.70. The number of primary amides is 1. The average molecular weight is 341 g/mol. The Morgan fingerprint density at radius 2 is 2.30 bits per heavy atom. The minimum Gasteiger partial charge on any atom is -0.369 e. The zero-order chi connectivity index (χ0) is 14.5. The first-order chi connectivity index (χ1) is 9.54. The molecule has 6 nitrogen and oxygen atoms in total. The summed E-state index contributed by atoms with van der Waals surface area (Å²) >= 11 is 3.29. The number of nitrogens with one attached hydrogen (secondary N) is 1. The number of carbonyl (C=O) groups is 2. The number of nitrogens with zero attached hydrogens (tertiary/aromatic N) is 2. The quantitative estimate of drug-likeness (QED) is 0.855. The van der Waals surface area contributed by atoms with E-state index in [0.29, 0.717) is 12.4 Å². The van der Waals surface area contributed by atoms with Gasteiger partial charge in [0, 0.05) is 17.2 Å². The summed E-state index contributed by atoms with van der Waals surface area (Å²) < 4.78 is 0.862. The fraction of sp³-hybridized carbons (Fsp3) is 0.462. The van der Waals surface area contributed by atoms with E-state index in [1.807, 2.05) is 11.0 Å². The van der Waals surface area contributed by atoms with Gasteiger partial charge in [0.2, 0.25) is 11.8 Å². The first kappa shape index (κ1) is 14.9. The summed E-state index contributed by atoms with van der Waals surface area (Å²) in [6.07, 6.45) is 3.34. The van der Waals surface area contributed by atoms with Gasteiger partial charge in [-0.15, -0.1) is 0 Å². The molecule has 2 amide bonds. The standard InChI is InChI=1S/C13H17BrN4O2/c14-10-3-4-12(16-6-10)17-13(20)9-2-1-5-18(7-9)8-11(15)19/h3-4,6,9H,1-2,5,7-8H2,(H2,15,19)(H,16,17,20)/t9-/m0/s1. The van der Waals surface area contributed by atoms with E-state index >= 15 is 0 Å². The second-order valence-electron chi connectivity index (χ2n) is 4.89. The molecule has 0 radical (unpaired) electrons. The van der Waals surface area contributed by atoms with Gasteiger partial charge in [-0.05, 0) is 47.4 Å². The van der Waals surface area contributed by atoms with Crippen LogP contribution in [0, 0.1) is 5.92 Å². The number of aromatic nitrogens is 1. The molecule has 0 aliphatic carbocycles. The summed E-state index contributed by atoms with van der Waals surface area (Å²) in [6, 6.07) is 3.56. The number of carbonyl (C=O) groups excluding carboxylic acids is 2. The molecule has 20 heavy (non-hydrogen) atoms. The molecular weight excluding hydrogens is 324 g/mol. The van der Waals surface area contributed by atoms with Gasteiger partial charge in [0.05, 0.1) is 12.5 Å². The Bertz CT molecular complexity index is 492. The Morgan fingerprint density at radius 3 is 2.95 bits per heavy atom. The number of anilines is 1. The van der Waals surface area contributed by atoms with E-state index in [9.17, 15) is 9.59 Å². The highest BCUT2D eigenvalue weighted by Gasteiger charge is 2.26. The maximum atomic E-state index is 12.2. The molecule has 1 aromatic heterocycles. The van der Waals surface area contributed by atoms with E-state index in [0.717, 1.165) is 23.9 Å². The highest BCUT2D eigenvalue weighted by Crippen LogP contribution is 2.18. The van der Waals surface area contributed by atoms with Crippen molar-refractivity contribution in [1.82, 2.24) is 9.88 Å². The van der Waals surface area contributed by atoms with Crippen LogP contribution in [0.5, 0.6) is 0 Å². The number of nitrogens with two attached hydrogens (primary N) is 1. The molecule has 2 rings (SSSR count). The van der Waals surface area contributed by atoms with E-state index in [-0.39, 0.29) is 24.3 Å². The second-order valence-corrected chi connectivity index (χ2v) is 5.81. The van der Waals surface area contributed by atoms with Crippen LogP contribution in [-0.4, -0.2) is 41.3 Å². The van der Waals surface area contributed by atoms with Gasteiger partial charge in [0.15, 0.2) is 0 Å². The maximum absolute atomic E-state index is 12.2. The van der Waals surface area contributed by atoms with Gasteiger partial charge in [0.1, 0.15) is 5.82 Å². The molecule has 2 heterocycles. The average Bonchev–Trinajstić information content (AvgIpc) is 2.41. The molecule has 3 N–H and O–H groups in total. The lowest BCUT2D eigenvalue weighted by atomic mass is 9.97. The topological polar surface area (TPSA) is 88.3 Å². The smallest absolute Gasteiger partial charge is 0.231 e. The predicted molar refractivity (Wildman–Crippen MR) is 78.9 cm³/mol. The SMILES string of the molecule is NC(=O)CN1CCC[C@H](C(=O)Nc2ccc(Br)cn2)C1. The van der Waals surface area contributed by atoms with Crippen molar-refractivity contribution in [1.29, 1.82) is 0 Å². The minimum absolute atomic E-state index is 0.0611. The molecule has 108 valence electrons. The van der Waals surface area contributed by atoms with Crippen molar-refractivity contribution in [3.05, 3.63) is 22.8 Å². The summed E-state index contributed by atoms with van der Waals surface area (Å²) in [6.45, 7) is 1.58. The Morgan fingerprint density at radius 1 is 1.50 bits per heavy atom. The van der Waals surface area contributed by atoms with Crippen LogP contribution < -0.4 is 11.1 Å². The normalized spacial score (nSPS) is 19.6. The highest BCUT2D eigenvalue weighted by atomic mass is 79.9. The fourth-order valence-electron chi connectivity index (χ4n) is 2.31. The zero-order valence-electron chi connectivity index (χ0n) is 11.0. The van der Waals surface area contributed by atoms with Crippen molar-refractivity contribution < 1.29 is 9.59 Å². The van der Waals surface area contributed by atoms with Gasteiger partial charge in [0.25, 0.3) is 0 Å². The summed E-state index contributed by atoms with van der Waals surface area (Å²) in [5, 5.41) is 2.80. The summed E-state index contributed by atoms with van der Waals surface area (Å²) in [5.41, 5.74) is 5.19. The summed E-state index contributed by atoms with van der Waals surface area (Å²) in [4.78, 5) is 29.1. The first-order valence-corrected chi connectivity index (χ1v) is 7.27. The number of halogens is 1. The van der Waals surface area contributed by atoms with Crippen LogP contribution in [0.25, 0.3) is 0 Å². The van der Waals surface area contributed by atoms with Crippen LogP contribution in [0.2, 0.25) is 0 Å². The number of hydrogen-bond acceptors (Lipinski definition) is 4. The van der Waals surface area contributed by atoms with E-state index in [2.05, 4.69) is 26.2 Å². The number of rotatable bonds is 4. The van der Waals surface area contributed by atoms with Crippen LogP contribution in [0.15, 0.2) is 22.8 Å². The molecular formula is C13H17BrN4O2. The molecule has 0 unspecified atom stereocenters. The first-order valence-electron chi connectivity index (χ1n) is 6.47. The molecule has 1 aromatic rings. The zero-order valence-corrected chi connectivity index (χ0v) is 12.6. The lowest BCUT2D eigenvalue weighted by Crippen LogP contribution is -2.44. The largest absolute Gasteiger partial charge is 0.369 e. The van der Waals surface area contributed by atoms with Gasteiger partial charge in [-0.1, -0.05) is 0 Å². The molecule has 0 saturated carbocycles. The van der Waals surface area contributed by atoms with E-state index < -0.39 is 0 Å². The molecule has 1 aliphatic rings. The Labute approximate surface area is 125 Å². The molecule has 1 aliphatic heterocycles. The Balaban J connectivity index is 1.91. The fourth-order valence-corrected chi connectivity index (χ4v) is 2.55. The molecule has 0 aromatic carbocycles. The third-order valence-electron chi connectivity index (χ3n) is 3.23. The van der Waals surface area contributed by atoms with Gasteiger partial charge < -0.3 is 11.1 Å². The molecule has 7 heteroatoms. The molecule has 0 spiro atoms. The lowest BCUT2D eigenvalue weighted by molar-refractivity contribution is -0.124. The van der Waals surface area contributed by atoms with Gasteiger partial charge in [-0.3, -0.25) is 14.5 Å². The van der Waals surface area contributed by atoms with Crippen LogP contribution in [0.3, 0.4) is 0 Å². The van der Waals surface area contributed by atoms with Crippen LogP contribution in [-0.2, 0) is 9.59 Å². The molecule has 0 bridgehead atoms. The van der Waals surface area contributed by atoms with E-state index in [1.165, 1.54) is 0 Å². The van der Waals surface area contributed by atoms with Gasteiger partial charge in [-0.2, -0.15) is 0 Å². The van der Waals surface area contributed by atoms with Crippen molar-refractivity contribution in [2.24, 2.45) is 11.7 Å². The number of hydrogen-bond donors (Lipinski definition) is 2. The lowest BCUT2D eigenvalue weighted by Gasteiger charge is -2.30. The maximum Gasteiger partial charge on any atom is 0.231 e. The molecule has 1 saturated heterocycles. The Kier molecular flexibility index (Phi) is 5.08. The summed E-state index contributed by atoms with van der Waals surface area (Å²) in [5.74, 6) is -0.0200. The van der Waals surface area contributed by atoms with Crippen molar-refractivity contribution in [2.75, 3.05) is 25.0 Å². The number of likely N-dealkylation sites (tertiary alicyclic amines) is 1. The molecule has 1 atom stereocenters. The number of piperidine rings is 1. The Hall–Kier alpha value is -1.47. The van der Waals surface area contributed by atoms with Gasteiger partial charge in [-0.25, -0.2) is 4.98 Å². The van der Waals surface area contributed by atoms with Crippen LogP contribution in [0.1, 0.15) is 12.8 Å². The van der Waals surface area contributed by atoms with Crippen molar-refractivity contribution in [3.8, 4) is 0 Å². The third kappa shape index (κ3) is 4.28. The van der Waals surface area contributed by atoms with Gasteiger partial charge >= 0.3 is 0 Å². The van der Waals surface area contributed by atoms with E-state index in [4.69, 9.17) is 5.73 Å². The second kappa shape index (κ2) is 6.81. The number of pyridine rings is 1. The van der Waals surface area contributed by atoms with Crippen LogP contribution in [0.4, 0.5) is 5.82 Å². The highest BCUT2D eigenvalue weighted by molar-refractivity contribution is 9.10. The summed E-state index contributed by atoms with van der Waals surface area (Å²) in [7, 11) is 0. The number of amides is 2. The molecule has 1 fully saturated rings. The van der Waals surface area contributed by atoms with Crippen molar-refractivity contribution in [2.45, 2.75) is 12.8 Å². The minimum atomic E-state index is -0.361. The predicted octanol–water partition coefficient (Wildman–Crippen LogP) is 0.980. The van der Waals surface area contributed by atoms with Crippen LogP contribution >= 0.6 is 15.9 Å². The monoisotopic (exact) mass is 340 g/mol.